The number of esters is 1. The van der Waals surface area contributed by atoms with E-state index in [0.717, 1.165) is 31.4 Å². The summed E-state index contributed by atoms with van der Waals surface area (Å²) in [7, 11) is 1.35. The van der Waals surface area contributed by atoms with Gasteiger partial charge < -0.3 is 19.1 Å². The largest absolute Gasteiger partial charge is 0.494 e. The van der Waals surface area contributed by atoms with Crippen LogP contribution in [0.2, 0.25) is 0 Å². The summed E-state index contributed by atoms with van der Waals surface area (Å²) in [5.41, 5.74) is 0. The average Bonchev–Trinajstić information content (AvgIpc) is 2.66. The van der Waals surface area contributed by atoms with Crippen LogP contribution < -0.4 is 9.47 Å². The van der Waals surface area contributed by atoms with Gasteiger partial charge in [0.1, 0.15) is 11.5 Å². The Morgan fingerprint density at radius 3 is 2.15 bits per heavy atom. The van der Waals surface area contributed by atoms with Crippen molar-refractivity contribution in [3.63, 3.8) is 0 Å². The first-order valence-electron chi connectivity index (χ1n) is 9.30. The van der Waals surface area contributed by atoms with Gasteiger partial charge in [0.25, 0.3) is 5.91 Å². The van der Waals surface area contributed by atoms with Gasteiger partial charge in [-0.05, 0) is 37.6 Å². The van der Waals surface area contributed by atoms with Crippen molar-refractivity contribution < 1.29 is 23.8 Å². The van der Waals surface area contributed by atoms with Gasteiger partial charge in [-0.25, -0.2) is 0 Å². The molecule has 1 rings (SSSR count). The van der Waals surface area contributed by atoms with Gasteiger partial charge in [-0.1, -0.05) is 26.2 Å². The minimum absolute atomic E-state index is 0.0526. The number of hydrogen-bond donors (Lipinski definition) is 0. The number of methoxy groups -OCH3 is 1. The first-order valence-corrected chi connectivity index (χ1v) is 9.30. The third kappa shape index (κ3) is 8.74. The van der Waals surface area contributed by atoms with Gasteiger partial charge >= 0.3 is 5.97 Å². The molecule has 1 amide bonds. The van der Waals surface area contributed by atoms with Gasteiger partial charge in [0, 0.05) is 13.1 Å². The van der Waals surface area contributed by atoms with Crippen LogP contribution in [0.4, 0.5) is 0 Å². The predicted octanol–water partition coefficient (Wildman–Crippen LogP) is 3.44. The standard InChI is InChI=1S/C20H31NO5/c1-4-6-7-8-14-21(15-13-20(23)24-3)19(22)16-26-18-11-9-17(10-12-18)25-5-2/h9-12H,4-8,13-16H2,1-3H3. The molecule has 6 nitrogen and oxygen atoms in total. The number of amides is 1. The van der Waals surface area contributed by atoms with Gasteiger partial charge in [0.05, 0.1) is 20.1 Å². The first kappa shape index (κ1) is 21.8. The van der Waals surface area contributed by atoms with Crippen LogP contribution >= 0.6 is 0 Å². The fourth-order valence-electron chi connectivity index (χ4n) is 2.45. The summed E-state index contributed by atoms with van der Waals surface area (Å²) in [6.07, 6.45) is 4.46. The second kappa shape index (κ2) is 13.0. The number of carbonyl (C=O) groups excluding carboxylic acids is 2. The summed E-state index contributed by atoms with van der Waals surface area (Å²) in [6.45, 7) is 5.60. The summed E-state index contributed by atoms with van der Waals surface area (Å²) in [6, 6.07) is 7.17. The molecule has 0 aliphatic carbocycles. The van der Waals surface area contributed by atoms with E-state index in [-0.39, 0.29) is 24.9 Å². The van der Waals surface area contributed by atoms with Crippen molar-refractivity contribution in [1.29, 1.82) is 0 Å². The van der Waals surface area contributed by atoms with Crippen molar-refractivity contribution in [2.24, 2.45) is 0 Å². The number of ether oxygens (including phenoxy) is 3. The highest BCUT2D eigenvalue weighted by molar-refractivity contribution is 5.78. The Morgan fingerprint density at radius 2 is 1.58 bits per heavy atom. The normalized spacial score (nSPS) is 10.3. The Labute approximate surface area is 156 Å². The molecule has 146 valence electrons. The van der Waals surface area contributed by atoms with E-state index in [9.17, 15) is 9.59 Å². The monoisotopic (exact) mass is 365 g/mol. The zero-order valence-electron chi connectivity index (χ0n) is 16.2. The maximum atomic E-state index is 12.5. The zero-order chi connectivity index (χ0) is 19.2. The topological polar surface area (TPSA) is 65.1 Å². The Bertz CT molecular complexity index is 530. The van der Waals surface area contributed by atoms with E-state index < -0.39 is 0 Å². The molecule has 26 heavy (non-hydrogen) atoms. The van der Waals surface area contributed by atoms with Gasteiger partial charge in [-0.2, -0.15) is 0 Å². The quantitative estimate of drug-likeness (QED) is 0.396. The number of hydrogen-bond acceptors (Lipinski definition) is 5. The molecule has 6 heteroatoms. The summed E-state index contributed by atoms with van der Waals surface area (Å²) < 4.78 is 15.6. The van der Waals surface area contributed by atoms with Gasteiger partial charge in [-0.3, -0.25) is 9.59 Å². The van der Waals surface area contributed by atoms with E-state index in [4.69, 9.17) is 9.47 Å². The van der Waals surface area contributed by atoms with Crippen molar-refractivity contribution in [3.05, 3.63) is 24.3 Å². The van der Waals surface area contributed by atoms with E-state index in [1.807, 2.05) is 19.1 Å². The van der Waals surface area contributed by atoms with Gasteiger partial charge in [0.15, 0.2) is 6.61 Å². The molecular weight excluding hydrogens is 334 g/mol. The van der Waals surface area contributed by atoms with Gasteiger partial charge in [0.2, 0.25) is 0 Å². The molecule has 0 aliphatic heterocycles. The molecule has 1 aromatic carbocycles. The van der Waals surface area contributed by atoms with Crippen molar-refractivity contribution >= 4 is 11.9 Å². The van der Waals surface area contributed by atoms with Crippen LogP contribution in [-0.4, -0.2) is 50.2 Å². The van der Waals surface area contributed by atoms with E-state index in [2.05, 4.69) is 11.7 Å². The molecule has 0 unspecified atom stereocenters. The maximum Gasteiger partial charge on any atom is 0.307 e. The number of nitrogens with zero attached hydrogens (tertiary/aromatic N) is 1. The summed E-state index contributed by atoms with van der Waals surface area (Å²) in [5.74, 6) is 0.936. The minimum atomic E-state index is -0.316. The third-order valence-electron chi connectivity index (χ3n) is 3.94. The zero-order valence-corrected chi connectivity index (χ0v) is 16.2. The van der Waals surface area contributed by atoms with Crippen LogP contribution in [-0.2, 0) is 14.3 Å². The second-order valence-corrected chi connectivity index (χ2v) is 5.96. The number of carbonyl (C=O) groups is 2. The fraction of sp³-hybridized carbons (Fsp3) is 0.600. The molecule has 0 aliphatic rings. The molecule has 0 radical (unpaired) electrons. The first-order chi connectivity index (χ1) is 12.6. The molecule has 0 heterocycles. The van der Waals surface area contributed by atoms with Crippen molar-refractivity contribution in [2.75, 3.05) is 33.4 Å². The highest BCUT2D eigenvalue weighted by Gasteiger charge is 2.15. The lowest BCUT2D eigenvalue weighted by Gasteiger charge is -2.22. The lowest BCUT2D eigenvalue weighted by molar-refractivity contribution is -0.142. The van der Waals surface area contributed by atoms with E-state index >= 15 is 0 Å². The van der Waals surface area contributed by atoms with Crippen LogP contribution in [0.1, 0.15) is 46.0 Å². The fourth-order valence-corrected chi connectivity index (χ4v) is 2.45. The van der Waals surface area contributed by atoms with E-state index in [1.165, 1.54) is 7.11 Å². The van der Waals surface area contributed by atoms with E-state index in [0.29, 0.717) is 25.4 Å². The average molecular weight is 365 g/mol. The molecule has 0 saturated heterocycles. The predicted molar refractivity (Wildman–Crippen MR) is 100 cm³/mol. The third-order valence-corrected chi connectivity index (χ3v) is 3.94. The minimum Gasteiger partial charge on any atom is -0.494 e. The highest BCUT2D eigenvalue weighted by atomic mass is 16.5. The number of unbranched alkanes of at least 4 members (excludes halogenated alkanes) is 3. The van der Waals surface area contributed by atoms with Crippen LogP contribution in [0, 0.1) is 0 Å². The molecule has 1 aromatic rings. The molecule has 0 bridgehead atoms. The Morgan fingerprint density at radius 1 is 0.923 bits per heavy atom. The Balaban J connectivity index is 2.51. The Hall–Kier alpha value is -2.24. The smallest absolute Gasteiger partial charge is 0.307 e. The second-order valence-electron chi connectivity index (χ2n) is 5.96. The molecule has 0 atom stereocenters. The molecule has 0 fully saturated rings. The van der Waals surface area contributed by atoms with Crippen LogP contribution in [0.25, 0.3) is 0 Å². The number of benzene rings is 1. The van der Waals surface area contributed by atoms with Crippen LogP contribution in [0.15, 0.2) is 24.3 Å². The molecule has 0 N–H and O–H groups in total. The van der Waals surface area contributed by atoms with Crippen LogP contribution in [0.5, 0.6) is 11.5 Å². The van der Waals surface area contributed by atoms with Crippen molar-refractivity contribution in [2.45, 2.75) is 46.0 Å². The lowest BCUT2D eigenvalue weighted by atomic mass is 10.2. The molecular formula is C20H31NO5. The summed E-state index contributed by atoms with van der Waals surface area (Å²) in [5, 5.41) is 0. The molecule has 0 saturated carbocycles. The SMILES string of the molecule is CCCCCCN(CCC(=O)OC)C(=O)COc1ccc(OCC)cc1. The highest BCUT2D eigenvalue weighted by Crippen LogP contribution is 2.17. The van der Waals surface area contributed by atoms with Gasteiger partial charge in [-0.15, -0.1) is 0 Å². The van der Waals surface area contributed by atoms with Crippen LogP contribution in [0.3, 0.4) is 0 Å². The lowest BCUT2D eigenvalue weighted by Crippen LogP contribution is -2.37. The van der Waals surface area contributed by atoms with Crippen molar-refractivity contribution in [3.8, 4) is 11.5 Å². The molecule has 0 aromatic heterocycles. The summed E-state index contributed by atoms with van der Waals surface area (Å²) >= 11 is 0. The van der Waals surface area contributed by atoms with Crippen molar-refractivity contribution in [1.82, 2.24) is 4.90 Å². The maximum absolute atomic E-state index is 12.5. The van der Waals surface area contributed by atoms with E-state index in [1.54, 1.807) is 17.0 Å². The Kier molecular flexibility index (Phi) is 10.9. The number of rotatable bonds is 13. The summed E-state index contributed by atoms with van der Waals surface area (Å²) in [4.78, 5) is 25.5. The molecule has 0 spiro atoms.